The molecule has 0 bridgehead atoms. The first-order chi connectivity index (χ1) is 3.18. The molecule has 0 heterocycles. The van der Waals surface area contributed by atoms with E-state index in [0.717, 1.165) is 0 Å². The molecule has 0 radical (unpaired) electrons. The van der Waals surface area contributed by atoms with Gasteiger partial charge in [-0.2, -0.15) is 0 Å². The van der Waals surface area contributed by atoms with E-state index >= 15 is 0 Å². The van der Waals surface area contributed by atoms with Crippen LogP contribution in [0.2, 0.25) is 0 Å². The molecular formula is C2Cl3NO. The summed E-state index contributed by atoms with van der Waals surface area (Å²) in [5.41, 5.74) is 0. The van der Waals surface area contributed by atoms with Crippen LogP contribution in [0.4, 0.5) is 0 Å². The van der Waals surface area contributed by atoms with Crippen LogP contribution in [0.1, 0.15) is 0 Å². The molecule has 0 aliphatic rings. The van der Waals surface area contributed by atoms with Crippen LogP contribution < -0.4 is 0 Å². The third-order valence-corrected chi connectivity index (χ3v) is 1.05. The summed E-state index contributed by atoms with van der Waals surface area (Å²) >= 11 is 14.8. The van der Waals surface area contributed by atoms with E-state index in [1.807, 2.05) is 0 Å². The minimum Gasteiger partial charge on any atom is -0.144 e. The van der Waals surface area contributed by atoms with Crippen LogP contribution in [0.25, 0.3) is 0 Å². The molecule has 7 heavy (non-hydrogen) atoms. The zero-order valence-electron chi connectivity index (χ0n) is 2.99. The first kappa shape index (κ1) is 7.21. The molecular weight excluding hydrogens is 160 g/mol. The molecule has 0 saturated carbocycles. The van der Waals surface area contributed by atoms with E-state index in [4.69, 9.17) is 34.8 Å². The highest BCUT2D eigenvalue weighted by Crippen LogP contribution is 2.17. The van der Waals surface area contributed by atoms with Crippen LogP contribution in [0, 0.1) is 4.91 Å². The summed E-state index contributed by atoms with van der Waals surface area (Å²) in [5, 5.41) is 1.81. The molecule has 0 spiro atoms. The van der Waals surface area contributed by atoms with Crippen molar-refractivity contribution in [2.75, 3.05) is 0 Å². The van der Waals surface area contributed by atoms with Crippen LogP contribution in [-0.2, 0) is 0 Å². The fraction of sp³-hybridized carbons (Fsp3) is 0. The maximum Gasteiger partial charge on any atom is 0.203 e. The van der Waals surface area contributed by atoms with Crippen molar-refractivity contribution >= 4 is 34.8 Å². The van der Waals surface area contributed by atoms with Crippen molar-refractivity contribution in [2.24, 2.45) is 5.18 Å². The van der Waals surface area contributed by atoms with Gasteiger partial charge in [0, 0.05) is 0 Å². The lowest BCUT2D eigenvalue weighted by Crippen LogP contribution is -1.57. The van der Waals surface area contributed by atoms with Gasteiger partial charge in [0.1, 0.15) is 4.49 Å². The van der Waals surface area contributed by atoms with Crippen molar-refractivity contribution in [2.45, 2.75) is 0 Å². The minimum absolute atomic E-state index is 0.309. The van der Waals surface area contributed by atoms with Gasteiger partial charge < -0.3 is 0 Å². The Morgan fingerprint density at radius 1 is 1.29 bits per heavy atom. The Morgan fingerprint density at radius 2 is 1.71 bits per heavy atom. The molecule has 0 aromatic rings. The number of hydrogen-bond donors (Lipinski definition) is 0. The van der Waals surface area contributed by atoms with Gasteiger partial charge in [-0.25, -0.2) is 0 Å². The Bertz CT molecular complexity index is 106. The highest BCUT2D eigenvalue weighted by atomic mass is 35.5. The second-order valence-electron chi connectivity index (χ2n) is 0.643. The van der Waals surface area contributed by atoms with Crippen molar-refractivity contribution < 1.29 is 0 Å². The van der Waals surface area contributed by atoms with E-state index < -0.39 is 5.16 Å². The third-order valence-electron chi connectivity index (χ3n) is 0.236. The summed E-state index contributed by atoms with van der Waals surface area (Å²) in [6.45, 7) is 0. The minimum atomic E-state index is -0.414. The van der Waals surface area contributed by atoms with E-state index in [9.17, 15) is 4.91 Å². The molecule has 0 aromatic heterocycles. The highest BCUT2D eigenvalue weighted by Gasteiger charge is 1.93. The van der Waals surface area contributed by atoms with Crippen LogP contribution >= 0.6 is 34.8 Å². The van der Waals surface area contributed by atoms with Gasteiger partial charge in [-0.15, -0.1) is 4.91 Å². The number of hydrogen-bond acceptors (Lipinski definition) is 2. The number of halogens is 3. The molecule has 2 nitrogen and oxygen atoms in total. The maximum atomic E-state index is 9.34. The van der Waals surface area contributed by atoms with Gasteiger partial charge in [0.05, 0.1) is 0 Å². The molecule has 0 saturated heterocycles. The van der Waals surface area contributed by atoms with Gasteiger partial charge in [0.2, 0.25) is 5.16 Å². The van der Waals surface area contributed by atoms with E-state index in [1.54, 1.807) is 0 Å². The topological polar surface area (TPSA) is 29.4 Å². The SMILES string of the molecule is O=NC(Cl)=C(Cl)Cl. The molecule has 0 rings (SSSR count). The number of rotatable bonds is 1. The van der Waals surface area contributed by atoms with E-state index in [0.29, 0.717) is 0 Å². The predicted molar refractivity (Wildman–Crippen MR) is 30.4 cm³/mol. The third kappa shape index (κ3) is 2.85. The number of nitrogens with zero attached hydrogens (tertiary/aromatic N) is 1. The second-order valence-corrected chi connectivity index (χ2v) is 1.95. The summed E-state index contributed by atoms with van der Waals surface area (Å²) < 4.78 is -0.309. The lowest BCUT2D eigenvalue weighted by Gasteiger charge is -1.76. The molecule has 0 aliphatic heterocycles. The van der Waals surface area contributed by atoms with Crippen LogP contribution in [0.5, 0.6) is 0 Å². The normalized spacial score (nSPS) is 7.86. The summed E-state index contributed by atoms with van der Waals surface area (Å²) in [5.74, 6) is 0. The van der Waals surface area contributed by atoms with E-state index in [2.05, 4.69) is 5.18 Å². The van der Waals surface area contributed by atoms with Gasteiger partial charge in [-0.1, -0.05) is 34.8 Å². The lowest BCUT2D eigenvalue weighted by atomic mass is 11.1. The van der Waals surface area contributed by atoms with Gasteiger partial charge in [0.25, 0.3) is 0 Å². The molecule has 0 atom stereocenters. The zero-order valence-corrected chi connectivity index (χ0v) is 5.26. The molecule has 0 aromatic carbocycles. The molecule has 0 fully saturated rings. The first-order valence-electron chi connectivity index (χ1n) is 1.22. The highest BCUT2D eigenvalue weighted by molar-refractivity contribution is 6.59. The van der Waals surface area contributed by atoms with Gasteiger partial charge >= 0.3 is 0 Å². The quantitative estimate of drug-likeness (QED) is 0.428. The average molecular weight is 160 g/mol. The van der Waals surface area contributed by atoms with E-state index in [-0.39, 0.29) is 4.49 Å². The average Bonchev–Trinajstić information content (AvgIpc) is 1.65. The molecule has 0 unspecified atom stereocenters. The second kappa shape index (κ2) is 3.24. The zero-order chi connectivity index (χ0) is 5.86. The smallest absolute Gasteiger partial charge is 0.144 e. The van der Waals surface area contributed by atoms with Crippen LogP contribution in [0.15, 0.2) is 14.8 Å². The Hall–Kier alpha value is 0.210. The van der Waals surface area contributed by atoms with Crippen LogP contribution in [-0.4, -0.2) is 0 Å². The summed E-state index contributed by atoms with van der Waals surface area (Å²) in [7, 11) is 0. The van der Waals surface area contributed by atoms with Crippen molar-refractivity contribution in [3.8, 4) is 0 Å². The fourth-order valence-corrected chi connectivity index (χ4v) is 0.104. The molecule has 5 heteroatoms. The van der Waals surface area contributed by atoms with Crippen molar-refractivity contribution in [1.29, 1.82) is 0 Å². The standard InChI is InChI=1S/C2Cl3NO/c3-1(4)2(5)6-7. The molecule has 0 N–H and O–H groups in total. The predicted octanol–water partition coefficient (Wildman–Crippen LogP) is 2.60. The van der Waals surface area contributed by atoms with Crippen molar-refractivity contribution in [3.63, 3.8) is 0 Å². The fourth-order valence-electron chi connectivity index (χ4n) is 0.0345. The first-order valence-corrected chi connectivity index (χ1v) is 2.36. The lowest BCUT2D eigenvalue weighted by molar-refractivity contribution is 1.49. The van der Waals surface area contributed by atoms with Crippen molar-refractivity contribution in [3.05, 3.63) is 14.6 Å². The molecule has 40 valence electrons. The Morgan fingerprint density at radius 3 is 1.71 bits per heavy atom. The maximum absolute atomic E-state index is 9.34. The largest absolute Gasteiger partial charge is 0.203 e. The number of nitroso groups, excluding NO2 is 1. The summed E-state index contributed by atoms with van der Waals surface area (Å²) in [4.78, 5) is 9.34. The van der Waals surface area contributed by atoms with Gasteiger partial charge in [-0.3, -0.25) is 0 Å². The monoisotopic (exact) mass is 159 g/mol. The van der Waals surface area contributed by atoms with Gasteiger partial charge in [-0.05, 0) is 5.18 Å². The summed E-state index contributed by atoms with van der Waals surface area (Å²) in [6, 6.07) is 0. The van der Waals surface area contributed by atoms with E-state index in [1.165, 1.54) is 0 Å². The van der Waals surface area contributed by atoms with Crippen molar-refractivity contribution in [1.82, 2.24) is 0 Å². The Labute approximate surface area is 55.0 Å². The molecule has 0 amide bonds. The Kier molecular flexibility index (Phi) is 3.34. The summed E-state index contributed by atoms with van der Waals surface area (Å²) in [6.07, 6.45) is 0. The van der Waals surface area contributed by atoms with Gasteiger partial charge in [0.15, 0.2) is 0 Å². The Balaban J connectivity index is 3.98. The molecule has 0 aliphatic carbocycles. The van der Waals surface area contributed by atoms with Crippen LogP contribution in [0.3, 0.4) is 0 Å².